The van der Waals surface area contributed by atoms with Crippen molar-refractivity contribution in [2.75, 3.05) is 19.7 Å². The minimum atomic E-state index is -0.414. The zero-order valence-corrected chi connectivity index (χ0v) is 14.4. The number of piperidine rings is 1. The summed E-state index contributed by atoms with van der Waals surface area (Å²) in [5.41, 5.74) is 0.656. The van der Waals surface area contributed by atoms with Crippen molar-refractivity contribution in [2.24, 2.45) is 5.92 Å². The molecule has 2 aromatic rings. The van der Waals surface area contributed by atoms with E-state index in [1.165, 1.54) is 0 Å². The zero-order valence-electron chi connectivity index (χ0n) is 14.4. The molecule has 0 radical (unpaired) electrons. The van der Waals surface area contributed by atoms with Gasteiger partial charge < -0.3 is 24.4 Å². The van der Waals surface area contributed by atoms with Gasteiger partial charge in [0.15, 0.2) is 5.58 Å². The van der Waals surface area contributed by atoms with Gasteiger partial charge in [-0.2, -0.15) is 0 Å². The Balaban J connectivity index is 1.51. The van der Waals surface area contributed by atoms with E-state index in [0.717, 1.165) is 57.0 Å². The van der Waals surface area contributed by atoms with Crippen LogP contribution in [0.1, 0.15) is 38.5 Å². The van der Waals surface area contributed by atoms with Gasteiger partial charge in [-0.25, -0.2) is 0 Å². The Labute approximate surface area is 147 Å². The zero-order chi connectivity index (χ0) is 17.1. The summed E-state index contributed by atoms with van der Waals surface area (Å²) in [6.07, 6.45) is 5.45. The molecule has 4 rings (SSSR count). The number of aromatic nitrogens is 1. The first-order chi connectivity index (χ1) is 12.3. The summed E-state index contributed by atoms with van der Waals surface area (Å²) in [5, 5.41) is 18.4. The second kappa shape index (κ2) is 7.62. The molecule has 0 spiro atoms. The van der Waals surface area contributed by atoms with Crippen molar-refractivity contribution in [3.63, 3.8) is 0 Å². The first-order valence-electron chi connectivity index (χ1n) is 9.38. The van der Waals surface area contributed by atoms with Crippen LogP contribution in [0.4, 0.5) is 0 Å². The van der Waals surface area contributed by atoms with E-state index in [-0.39, 0.29) is 6.10 Å². The van der Waals surface area contributed by atoms with Crippen LogP contribution >= 0.6 is 0 Å². The lowest BCUT2D eigenvalue weighted by Gasteiger charge is -2.28. The van der Waals surface area contributed by atoms with E-state index in [9.17, 15) is 5.11 Å². The van der Waals surface area contributed by atoms with Crippen LogP contribution in [-0.2, 0) is 0 Å². The van der Waals surface area contributed by atoms with Gasteiger partial charge >= 0.3 is 0 Å². The van der Waals surface area contributed by atoms with Crippen molar-refractivity contribution in [1.82, 2.24) is 10.5 Å². The van der Waals surface area contributed by atoms with Crippen molar-refractivity contribution in [2.45, 2.75) is 50.7 Å². The number of nitrogens with zero attached hydrogens (tertiary/aromatic N) is 1. The monoisotopic (exact) mass is 346 g/mol. The van der Waals surface area contributed by atoms with Crippen molar-refractivity contribution in [3.05, 3.63) is 18.2 Å². The Kier molecular flexibility index (Phi) is 5.08. The second-order valence-corrected chi connectivity index (χ2v) is 7.13. The smallest absolute Gasteiger partial charge is 0.265 e. The number of hydrogen-bond donors (Lipinski definition) is 2. The lowest BCUT2D eigenvalue weighted by Crippen LogP contribution is -2.34. The van der Waals surface area contributed by atoms with Crippen LogP contribution in [-0.4, -0.2) is 42.2 Å². The molecule has 0 bridgehead atoms. The predicted octanol–water partition coefficient (Wildman–Crippen LogP) is 2.89. The van der Waals surface area contributed by atoms with Crippen LogP contribution in [0, 0.1) is 5.92 Å². The highest BCUT2D eigenvalue weighted by Gasteiger charge is 2.26. The van der Waals surface area contributed by atoms with E-state index in [1.807, 2.05) is 18.2 Å². The van der Waals surface area contributed by atoms with Gasteiger partial charge in [-0.1, -0.05) is 12.5 Å². The minimum Gasteiger partial charge on any atom is -0.487 e. The van der Waals surface area contributed by atoms with E-state index in [4.69, 9.17) is 14.0 Å². The average molecular weight is 346 g/mol. The highest BCUT2D eigenvalue weighted by Crippen LogP contribution is 2.36. The van der Waals surface area contributed by atoms with Crippen molar-refractivity contribution in [3.8, 4) is 11.6 Å². The first-order valence-corrected chi connectivity index (χ1v) is 9.38. The number of fused-ring (bicyclic) bond motifs is 1. The second-order valence-electron chi connectivity index (χ2n) is 7.13. The standard InChI is InChI=1S/C19H26N2O4/c22-14-4-1-2-5-15(14)24-16-6-3-7-17-18(16)19(21-25-17)23-12-13-8-10-20-11-9-13/h3,6-7,13-15,20,22H,1-2,4-5,8-12H2. The fourth-order valence-electron chi connectivity index (χ4n) is 3.75. The molecule has 6 nitrogen and oxygen atoms in total. The Morgan fingerprint density at radius 3 is 2.84 bits per heavy atom. The van der Waals surface area contributed by atoms with Gasteiger partial charge in [-0.3, -0.25) is 0 Å². The highest BCUT2D eigenvalue weighted by molar-refractivity contribution is 5.88. The van der Waals surface area contributed by atoms with Gasteiger partial charge in [0.25, 0.3) is 5.88 Å². The molecule has 0 amide bonds. The Bertz CT molecular complexity index is 696. The summed E-state index contributed by atoms with van der Waals surface area (Å²) in [6, 6.07) is 5.65. The lowest BCUT2D eigenvalue weighted by atomic mass is 9.95. The van der Waals surface area contributed by atoms with Gasteiger partial charge in [0.1, 0.15) is 17.2 Å². The molecule has 1 saturated carbocycles. The number of aliphatic hydroxyl groups excluding tert-OH is 1. The van der Waals surface area contributed by atoms with E-state index in [1.54, 1.807) is 0 Å². The lowest BCUT2D eigenvalue weighted by molar-refractivity contribution is 0.00760. The number of benzene rings is 1. The minimum absolute atomic E-state index is 0.175. The van der Waals surface area contributed by atoms with E-state index >= 15 is 0 Å². The molecule has 136 valence electrons. The molecule has 1 aromatic carbocycles. The molecule has 1 aromatic heterocycles. The fraction of sp³-hybridized carbons (Fsp3) is 0.632. The molecule has 2 heterocycles. The normalized spacial score (nSPS) is 25.2. The summed E-state index contributed by atoms with van der Waals surface area (Å²) < 4.78 is 17.5. The van der Waals surface area contributed by atoms with Crippen molar-refractivity contribution >= 4 is 11.0 Å². The number of aliphatic hydroxyl groups is 1. The van der Waals surface area contributed by atoms with Gasteiger partial charge in [0, 0.05) is 0 Å². The average Bonchev–Trinajstić information content (AvgIpc) is 3.07. The third-order valence-electron chi connectivity index (χ3n) is 5.29. The van der Waals surface area contributed by atoms with Crippen LogP contribution < -0.4 is 14.8 Å². The summed E-state index contributed by atoms with van der Waals surface area (Å²) in [7, 11) is 0. The topological polar surface area (TPSA) is 76.8 Å². The summed E-state index contributed by atoms with van der Waals surface area (Å²) in [6.45, 7) is 2.73. The first kappa shape index (κ1) is 16.7. The molecule has 1 aliphatic carbocycles. The molecule has 2 unspecified atom stereocenters. The number of hydrogen-bond acceptors (Lipinski definition) is 6. The van der Waals surface area contributed by atoms with Crippen LogP contribution in [0.5, 0.6) is 11.6 Å². The summed E-state index contributed by atoms with van der Waals surface area (Å²) in [5.74, 6) is 1.72. The van der Waals surface area contributed by atoms with Crippen molar-refractivity contribution < 1.29 is 19.1 Å². The van der Waals surface area contributed by atoms with Crippen LogP contribution in [0.15, 0.2) is 22.7 Å². The van der Waals surface area contributed by atoms with E-state index < -0.39 is 6.10 Å². The van der Waals surface area contributed by atoms with Gasteiger partial charge in [0.05, 0.1) is 12.7 Å². The molecule has 6 heteroatoms. The Morgan fingerprint density at radius 1 is 1.16 bits per heavy atom. The SMILES string of the molecule is OC1CCCCC1Oc1cccc2onc(OCC3CCNCC3)c12. The van der Waals surface area contributed by atoms with Crippen LogP contribution in [0.2, 0.25) is 0 Å². The van der Waals surface area contributed by atoms with Crippen LogP contribution in [0.25, 0.3) is 11.0 Å². The van der Waals surface area contributed by atoms with Gasteiger partial charge in [0.2, 0.25) is 0 Å². The number of ether oxygens (including phenoxy) is 2. The van der Waals surface area contributed by atoms with E-state index in [0.29, 0.717) is 29.7 Å². The molecule has 2 aliphatic rings. The van der Waals surface area contributed by atoms with Gasteiger partial charge in [-0.15, -0.1) is 0 Å². The largest absolute Gasteiger partial charge is 0.487 e. The van der Waals surface area contributed by atoms with Crippen molar-refractivity contribution in [1.29, 1.82) is 0 Å². The molecule has 1 saturated heterocycles. The maximum Gasteiger partial charge on any atom is 0.265 e. The molecule has 2 N–H and O–H groups in total. The molecule has 1 aliphatic heterocycles. The number of nitrogens with one attached hydrogen (secondary N) is 1. The van der Waals surface area contributed by atoms with Gasteiger partial charge in [-0.05, 0) is 68.4 Å². The fourth-order valence-corrected chi connectivity index (χ4v) is 3.75. The maximum absolute atomic E-state index is 10.2. The highest BCUT2D eigenvalue weighted by atomic mass is 16.5. The Morgan fingerprint density at radius 2 is 2.00 bits per heavy atom. The number of rotatable bonds is 5. The summed E-state index contributed by atoms with van der Waals surface area (Å²) >= 11 is 0. The van der Waals surface area contributed by atoms with Crippen LogP contribution in [0.3, 0.4) is 0 Å². The molecule has 2 atom stereocenters. The molecule has 2 fully saturated rings. The molecular weight excluding hydrogens is 320 g/mol. The quantitative estimate of drug-likeness (QED) is 0.867. The maximum atomic E-state index is 10.2. The molecular formula is C19H26N2O4. The Hall–Kier alpha value is -1.79. The molecule has 25 heavy (non-hydrogen) atoms. The third-order valence-corrected chi connectivity index (χ3v) is 5.29. The predicted molar refractivity (Wildman–Crippen MR) is 94.0 cm³/mol. The third kappa shape index (κ3) is 3.75. The summed E-state index contributed by atoms with van der Waals surface area (Å²) in [4.78, 5) is 0. The van der Waals surface area contributed by atoms with E-state index in [2.05, 4.69) is 10.5 Å².